The van der Waals surface area contributed by atoms with Gasteiger partial charge in [0.25, 0.3) is 0 Å². The predicted octanol–water partition coefficient (Wildman–Crippen LogP) is 8.37. The largest absolute Gasteiger partial charge is 0.508 e. The Labute approximate surface area is 199 Å². The maximum atomic E-state index is 9.92. The average Bonchev–Trinajstić information content (AvgIpc) is 2.81. The van der Waals surface area contributed by atoms with Crippen molar-refractivity contribution in [2.24, 2.45) is 0 Å². The number of phenols is 2. The molecule has 5 nitrogen and oxygen atoms in total. The van der Waals surface area contributed by atoms with Gasteiger partial charge < -0.3 is 24.4 Å². The van der Waals surface area contributed by atoms with Gasteiger partial charge in [0.05, 0.1) is 13.2 Å². The normalized spacial score (nSPS) is 10.8. The zero-order valence-electron chi connectivity index (χ0n) is 20.5. The molecule has 0 bridgehead atoms. The van der Waals surface area contributed by atoms with E-state index < -0.39 is 0 Å². The highest BCUT2D eigenvalue weighted by Crippen LogP contribution is 2.39. The van der Waals surface area contributed by atoms with Crippen LogP contribution in [0.5, 0.6) is 34.5 Å². The molecule has 0 aromatic heterocycles. The lowest BCUT2D eigenvalue weighted by Gasteiger charge is -2.16. The molecular weight excluding hydrogens is 416 g/mol. The number of unbranched alkanes of at least 4 members (excludes halogenated alkanes) is 10. The van der Waals surface area contributed by atoms with Crippen molar-refractivity contribution in [3.05, 3.63) is 36.4 Å². The molecule has 2 aromatic carbocycles. The maximum absolute atomic E-state index is 9.92. The van der Waals surface area contributed by atoms with E-state index in [2.05, 4.69) is 13.8 Å². The van der Waals surface area contributed by atoms with Crippen molar-refractivity contribution < 1.29 is 24.4 Å². The molecule has 0 aliphatic carbocycles. The van der Waals surface area contributed by atoms with Crippen LogP contribution in [0.25, 0.3) is 0 Å². The second-order valence-electron chi connectivity index (χ2n) is 8.60. The molecule has 0 aliphatic heterocycles. The summed E-state index contributed by atoms with van der Waals surface area (Å²) in [6.07, 6.45) is 14.2. The molecule has 0 unspecified atom stereocenters. The smallest absolute Gasteiger partial charge is 0.169 e. The van der Waals surface area contributed by atoms with E-state index in [0.29, 0.717) is 36.2 Å². The van der Waals surface area contributed by atoms with Crippen LogP contribution in [0.4, 0.5) is 0 Å². The number of hydrogen-bond donors (Lipinski definition) is 2. The molecule has 0 radical (unpaired) electrons. The summed E-state index contributed by atoms with van der Waals surface area (Å²) >= 11 is 0. The molecule has 2 N–H and O–H groups in total. The molecule has 33 heavy (non-hydrogen) atoms. The van der Waals surface area contributed by atoms with Gasteiger partial charge in [0.2, 0.25) is 0 Å². The van der Waals surface area contributed by atoms with Crippen molar-refractivity contribution in [2.75, 3.05) is 13.2 Å². The molecule has 0 fully saturated rings. The minimum absolute atomic E-state index is 0.130. The number of phenolic OH excluding ortho intramolecular Hbond substituents is 2. The van der Waals surface area contributed by atoms with Crippen LogP contribution in [-0.4, -0.2) is 23.4 Å². The zero-order chi connectivity index (χ0) is 23.7. The van der Waals surface area contributed by atoms with Gasteiger partial charge >= 0.3 is 0 Å². The first-order chi connectivity index (χ1) is 16.1. The molecule has 5 heteroatoms. The Morgan fingerprint density at radius 2 is 0.909 bits per heavy atom. The van der Waals surface area contributed by atoms with Crippen molar-refractivity contribution in [2.45, 2.75) is 90.9 Å². The van der Waals surface area contributed by atoms with Crippen LogP contribution in [0.2, 0.25) is 0 Å². The molecule has 0 saturated carbocycles. The summed E-state index contributed by atoms with van der Waals surface area (Å²) in [5, 5.41) is 19.8. The van der Waals surface area contributed by atoms with Gasteiger partial charge in [-0.3, -0.25) is 0 Å². The lowest BCUT2D eigenvalue weighted by molar-refractivity contribution is 0.276. The topological polar surface area (TPSA) is 68.2 Å². The Morgan fingerprint density at radius 3 is 1.33 bits per heavy atom. The number of benzene rings is 2. The SMILES string of the molecule is CCCCCCCCOc1cc(O)ccc1Oc1ccc(O)cc1OCCCCCCCC. The van der Waals surface area contributed by atoms with Gasteiger partial charge in [-0.25, -0.2) is 0 Å². The van der Waals surface area contributed by atoms with Gasteiger partial charge in [0.1, 0.15) is 11.5 Å². The van der Waals surface area contributed by atoms with Crippen LogP contribution in [0.15, 0.2) is 36.4 Å². The van der Waals surface area contributed by atoms with Gasteiger partial charge in [-0.15, -0.1) is 0 Å². The molecular formula is C28H42O5. The first-order valence-corrected chi connectivity index (χ1v) is 12.7. The number of hydrogen-bond acceptors (Lipinski definition) is 5. The van der Waals surface area contributed by atoms with Crippen molar-refractivity contribution in [1.82, 2.24) is 0 Å². The first-order valence-electron chi connectivity index (χ1n) is 12.7. The Hall–Kier alpha value is -2.56. The molecule has 0 aliphatic rings. The van der Waals surface area contributed by atoms with Crippen LogP contribution < -0.4 is 14.2 Å². The highest BCUT2D eigenvalue weighted by atomic mass is 16.5. The molecule has 2 aromatic rings. The third-order valence-electron chi connectivity index (χ3n) is 5.59. The Bertz CT molecular complexity index is 724. The molecule has 0 amide bonds. The molecule has 0 spiro atoms. The highest BCUT2D eigenvalue weighted by molar-refractivity contribution is 5.51. The van der Waals surface area contributed by atoms with Crippen molar-refractivity contribution >= 4 is 0 Å². The molecule has 2 rings (SSSR count). The summed E-state index contributed by atoms with van der Waals surface area (Å²) in [7, 11) is 0. The van der Waals surface area contributed by atoms with Crippen LogP contribution >= 0.6 is 0 Å². The van der Waals surface area contributed by atoms with Crippen LogP contribution in [-0.2, 0) is 0 Å². The molecule has 0 saturated heterocycles. The molecule has 184 valence electrons. The summed E-state index contributed by atoms with van der Waals surface area (Å²) in [5.74, 6) is 2.27. The van der Waals surface area contributed by atoms with Crippen molar-refractivity contribution in [3.63, 3.8) is 0 Å². The average molecular weight is 459 g/mol. The maximum Gasteiger partial charge on any atom is 0.169 e. The van der Waals surface area contributed by atoms with Crippen LogP contribution in [0.3, 0.4) is 0 Å². The van der Waals surface area contributed by atoms with Crippen molar-refractivity contribution in [3.8, 4) is 34.5 Å². The fourth-order valence-electron chi connectivity index (χ4n) is 3.64. The lowest BCUT2D eigenvalue weighted by atomic mass is 10.1. The zero-order valence-corrected chi connectivity index (χ0v) is 20.5. The van der Waals surface area contributed by atoms with Crippen LogP contribution in [0, 0.1) is 0 Å². The third-order valence-corrected chi connectivity index (χ3v) is 5.59. The van der Waals surface area contributed by atoms with Gasteiger partial charge in [-0.1, -0.05) is 78.1 Å². The van der Waals surface area contributed by atoms with E-state index in [1.807, 2.05) is 0 Å². The second kappa shape index (κ2) is 16.1. The molecule has 0 atom stereocenters. The highest BCUT2D eigenvalue weighted by Gasteiger charge is 2.13. The fraction of sp³-hybridized carbons (Fsp3) is 0.571. The second-order valence-corrected chi connectivity index (χ2v) is 8.60. The third kappa shape index (κ3) is 10.7. The van der Waals surface area contributed by atoms with E-state index >= 15 is 0 Å². The monoisotopic (exact) mass is 458 g/mol. The number of ether oxygens (including phenoxy) is 3. The summed E-state index contributed by atoms with van der Waals surface area (Å²) in [6.45, 7) is 5.57. The Balaban J connectivity index is 1.93. The number of rotatable bonds is 18. The summed E-state index contributed by atoms with van der Waals surface area (Å²) in [4.78, 5) is 0. The Morgan fingerprint density at radius 1 is 0.515 bits per heavy atom. The minimum atomic E-state index is 0.130. The van der Waals surface area contributed by atoms with E-state index in [1.165, 1.54) is 51.4 Å². The summed E-state index contributed by atoms with van der Waals surface area (Å²) in [5.41, 5.74) is 0. The van der Waals surface area contributed by atoms with Crippen LogP contribution in [0.1, 0.15) is 90.9 Å². The quantitative estimate of drug-likeness (QED) is 0.220. The summed E-state index contributed by atoms with van der Waals surface area (Å²) in [6, 6.07) is 9.67. The van der Waals surface area contributed by atoms with Gasteiger partial charge in [0, 0.05) is 12.1 Å². The van der Waals surface area contributed by atoms with Gasteiger partial charge in [-0.05, 0) is 37.1 Å². The van der Waals surface area contributed by atoms with Crippen molar-refractivity contribution in [1.29, 1.82) is 0 Å². The minimum Gasteiger partial charge on any atom is -0.508 e. The first kappa shape index (κ1) is 26.7. The summed E-state index contributed by atoms with van der Waals surface area (Å²) < 4.78 is 18.0. The van der Waals surface area contributed by atoms with E-state index in [1.54, 1.807) is 36.4 Å². The van der Waals surface area contributed by atoms with E-state index in [9.17, 15) is 10.2 Å². The number of aromatic hydroxyl groups is 2. The van der Waals surface area contributed by atoms with Gasteiger partial charge in [-0.2, -0.15) is 0 Å². The lowest BCUT2D eigenvalue weighted by Crippen LogP contribution is -2.01. The standard InChI is InChI=1S/C28H42O5/c1-3-5-7-9-11-13-19-31-27-21-23(29)15-17-25(27)33-26-18-16-24(30)22-28(26)32-20-14-12-10-8-6-4-2/h15-18,21-22,29-30H,3-14,19-20H2,1-2H3. The van der Waals surface area contributed by atoms with Gasteiger partial charge in [0.15, 0.2) is 23.0 Å². The predicted molar refractivity (Wildman–Crippen MR) is 134 cm³/mol. The molecule has 0 heterocycles. The van der Waals surface area contributed by atoms with E-state index in [-0.39, 0.29) is 11.5 Å². The Kier molecular flexibility index (Phi) is 13.0. The van der Waals surface area contributed by atoms with E-state index in [0.717, 1.165) is 25.7 Å². The van der Waals surface area contributed by atoms with E-state index in [4.69, 9.17) is 14.2 Å². The fourth-order valence-corrected chi connectivity index (χ4v) is 3.64.